The molecule has 0 saturated heterocycles. The predicted molar refractivity (Wildman–Crippen MR) is 91.4 cm³/mol. The maximum atomic E-state index is 13.5. The standard InChI is InChI=1S/C18H15F7N4O/c19-11-4-10(17(20,21)22)5-12(6-11)28-16-27-8-13(14(29-16)18(23,24)25)15(30)26-7-9-2-1-3-9/h4-6,8-9H,1-3,7H2,(H,26,30)(H,27,28,29). The van der Waals surface area contributed by atoms with E-state index >= 15 is 0 Å². The molecule has 1 fully saturated rings. The number of halogens is 7. The molecule has 30 heavy (non-hydrogen) atoms. The van der Waals surface area contributed by atoms with Crippen molar-refractivity contribution in [3.63, 3.8) is 0 Å². The Morgan fingerprint density at radius 1 is 1.07 bits per heavy atom. The lowest BCUT2D eigenvalue weighted by Gasteiger charge is -2.25. The number of anilines is 2. The molecule has 162 valence electrons. The number of carbonyl (C=O) groups is 1. The zero-order chi connectivity index (χ0) is 22.1. The molecule has 1 aliphatic rings. The molecule has 1 aromatic heterocycles. The third-order valence-electron chi connectivity index (χ3n) is 4.56. The summed E-state index contributed by atoms with van der Waals surface area (Å²) in [4.78, 5) is 18.9. The highest BCUT2D eigenvalue weighted by atomic mass is 19.4. The van der Waals surface area contributed by atoms with E-state index in [1.807, 2.05) is 0 Å². The van der Waals surface area contributed by atoms with Crippen molar-refractivity contribution in [1.29, 1.82) is 0 Å². The molecule has 3 rings (SSSR count). The molecule has 2 N–H and O–H groups in total. The Kier molecular flexibility index (Phi) is 5.86. The molecular formula is C18H15F7N4O. The van der Waals surface area contributed by atoms with Gasteiger partial charge >= 0.3 is 12.4 Å². The minimum atomic E-state index is -5.03. The molecule has 0 radical (unpaired) electrons. The molecule has 0 spiro atoms. The van der Waals surface area contributed by atoms with E-state index in [0.29, 0.717) is 18.3 Å². The maximum Gasteiger partial charge on any atom is 0.434 e. The molecule has 1 amide bonds. The SMILES string of the molecule is O=C(NCC1CCC1)c1cnc(Nc2cc(F)cc(C(F)(F)F)c2)nc1C(F)(F)F. The van der Waals surface area contributed by atoms with Crippen molar-refractivity contribution in [2.45, 2.75) is 31.6 Å². The van der Waals surface area contributed by atoms with Gasteiger partial charge in [-0.25, -0.2) is 14.4 Å². The number of nitrogens with zero attached hydrogens (tertiary/aromatic N) is 2. The lowest BCUT2D eigenvalue weighted by molar-refractivity contribution is -0.141. The molecule has 0 aliphatic heterocycles. The number of hydrogen-bond acceptors (Lipinski definition) is 4. The van der Waals surface area contributed by atoms with Gasteiger partial charge in [-0.1, -0.05) is 6.42 Å². The van der Waals surface area contributed by atoms with Crippen LogP contribution < -0.4 is 10.6 Å². The fraction of sp³-hybridized carbons (Fsp3) is 0.389. The summed E-state index contributed by atoms with van der Waals surface area (Å²) in [5.41, 5.74) is -4.22. The van der Waals surface area contributed by atoms with E-state index in [1.165, 1.54) is 0 Å². The normalized spacial score (nSPS) is 14.9. The zero-order valence-corrected chi connectivity index (χ0v) is 15.2. The molecule has 1 saturated carbocycles. The lowest BCUT2D eigenvalue weighted by atomic mass is 9.85. The Labute approximate surface area is 165 Å². The van der Waals surface area contributed by atoms with Gasteiger partial charge < -0.3 is 10.6 Å². The highest BCUT2D eigenvalue weighted by Gasteiger charge is 2.38. The van der Waals surface area contributed by atoms with Gasteiger partial charge in [0.2, 0.25) is 5.95 Å². The van der Waals surface area contributed by atoms with E-state index in [1.54, 1.807) is 0 Å². The molecule has 5 nitrogen and oxygen atoms in total. The van der Waals surface area contributed by atoms with Gasteiger partial charge in [0, 0.05) is 18.4 Å². The quantitative estimate of drug-likeness (QED) is 0.653. The number of benzene rings is 1. The van der Waals surface area contributed by atoms with Crippen LogP contribution in [0.1, 0.15) is 40.9 Å². The minimum Gasteiger partial charge on any atom is -0.352 e. The van der Waals surface area contributed by atoms with Crippen LogP contribution in [0.4, 0.5) is 42.4 Å². The van der Waals surface area contributed by atoms with Crippen LogP contribution in [0.5, 0.6) is 0 Å². The van der Waals surface area contributed by atoms with E-state index < -0.39 is 52.5 Å². The van der Waals surface area contributed by atoms with Crippen molar-refractivity contribution >= 4 is 17.5 Å². The average Bonchev–Trinajstić information content (AvgIpc) is 2.58. The summed E-state index contributed by atoms with van der Waals surface area (Å²) in [7, 11) is 0. The maximum absolute atomic E-state index is 13.5. The van der Waals surface area contributed by atoms with Gasteiger partial charge in [-0.15, -0.1) is 0 Å². The Hall–Kier alpha value is -2.92. The monoisotopic (exact) mass is 436 g/mol. The molecule has 0 atom stereocenters. The van der Waals surface area contributed by atoms with E-state index in [0.717, 1.165) is 19.3 Å². The summed E-state index contributed by atoms with van der Waals surface area (Å²) in [6.45, 7) is 0.222. The second kappa shape index (κ2) is 8.07. The fourth-order valence-corrected chi connectivity index (χ4v) is 2.81. The molecule has 2 aromatic rings. The highest BCUT2D eigenvalue weighted by Crippen LogP contribution is 2.34. The number of nitrogens with one attached hydrogen (secondary N) is 2. The number of amides is 1. The summed E-state index contributed by atoms with van der Waals surface area (Å²) in [6.07, 6.45) is -6.52. The first-order valence-electron chi connectivity index (χ1n) is 8.81. The Balaban J connectivity index is 1.86. The summed E-state index contributed by atoms with van der Waals surface area (Å²) < 4.78 is 92.0. The second-order valence-corrected chi connectivity index (χ2v) is 6.81. The average molecular weight is 436 g/mol. The number of aromatic nitrogens is 2. The molecule has 0 bridgehead atoms. The molecule has 1 heterocycles. The van der Waals surface area contributed by atoms with Gasteiger partial charge in [0.1, 0.15) is 5.82 Å². The van der Waals surface area contributed by atoms with Crippen molar-refractivity contribution in [2.24, 2.45) is 5.92 Å². The Morgan fingerprint density at radius 3 is 2.33 bits per heavy atom. The summed E-state index contributed by atoms with van der Waals surface area (Å²) >= 11 is 0. The van der Waals surface area contributed by atoms with Crippen LogP contribution in [0.3, 0.4) is 0 Å². The smallest absolute Gasteiger partial charge is 0.352 e. The van der Waals surface area contributed by atoms with Gasteiger partial charge in [0.05, 0.1) is 11.1 Å². The lowest BCUT2D eigenvalue weighted by Crippen LogP contribution is -2.33. The number of rotatable bonds is 5. The van der Waals surface area contributed by atoms with Crippen LogP contribution in [0.2, 0.25) is 0 Å². The van der Waals surface area contributed by atoms with Crippen LogP contribution in [0.25, 0.3) is 0 Å². The number of hydrogen-bond donors (Lipinski definition) is 2. The van der Waals surface area contributed by atoms with Crippen molar-refractivity contribution in [3.05, 3.63) is 47.0 Å². The molecule has 1 aromatic carbocycles. The topological polar surface area (TPSA) is 66.9 Å². The van der Waals surface area contributed by atoms with E-state index in [9.17, 15) is 35.5 Å². The van der Waals surface area contributed by atoms with E-state index in [-0.39, 0.29) is 18.5 Å². The van der Waals surface area contributed by atoms with Crippen LogP contribution in [-0.4, -0.2) is 22.4 Å². The fourth-order valence-electron chi connectivity index (χ4n) is 2.81. The Bertz CT molecular complexity index is 939. The Morgan fingerprint density at radius 2 is 1.77 bits per heavy atom. The highest BCUT2D eigenvalue weighted by molar-refractivity contribution is 5.95. The third-order valence-corrected chi connectivity index (χ3v) is 4.56. The van der Waals surface area contributed by atoms with Crippen LogP contribution in [-0.2, 0) is 12.4 Å². The minimum absolute atomic E-state index is 0.209. The number of alkyl halides is 6. The van der Waals surface area contributed by atoms with Gasteiger partial charge in [-0.3, -0.25) is 4.79 Å². The predicted octanol–water partition coefficient (Wildman–Crippen LogP) is 4.93. The van der Waals surface area contributed by atoms with Gasteiger partial charge in [0.25, 0.3) is 5.91 Å². The summed E-state index contributed by atoms with van der Waals surface area (Å²) in [5.74, 6) is -2.79. The first-order valence-corrected chi connectivity index (χ1v) is 8.81. The van der Waals surface area contributed by atoms with Crippen molar-refractivity contribution in [1.82, 2.24) is 15.3 Å². The van der Waals surface area contributed by atoms with Crippen molar-refractivity contribution < 1.29 is 35.5 Å². The van der Waals surface area contributed by atoms with E-state index in [4.69, 9.17) is 0 Å². The molecular weight excluding hydrogens is 421 g/mol. The zero-order valence-electron chi connectivity index (χ0n) is 15.2. The van der Waals surface area contributed by atoms with Crippen molar-refractivity contribution in [3.8, 4) is 0 Å². The largest absolute Gasteiger partial charge is 0.434 e. The molecule has 1 aliphatic carbocycles. The van der Waals surface area contributed by atoms with Crippen LogP contribution >= 0.6 is 0 Å². The summed E-state index contributed by atoms with van der Waals surface area (Å²) in [5, 5.41) is 4.51. The van der Waals surface area contributed by atoms with E-state index in [2.05, 4.69) is 20.6 Å². The first kappa shape index (κ1) is 21.8. The second-order valence-electron chi connectivity index (χ2n) is 6.81. The first-order chi connectivity index (χ1) is 13.9. The summed E-state index contributed by atoms with van der Waals surface area (Å²) in [6, 6.07) is 1.38. The number of carbonyl (C=O) groups excluding carboxylic acids is 1. The third kappa shape index (κ3) is 5.16. The van der Waals surface area contributed by atoms with Crippen LogP contribution in [0, 0.1) is 11.7 Å². The van der Waals surface area contributed by atoms with Crippen LogP contribution in [0.15, 0.2) is 24.4 Å². The van der Waals surface area contributed by atoms with Gasteiger partial charge in [-0.2, -0.15) is 26.3 Å². The van der Waals surface area contributed by atoms with Gasteiger partial charge in [-0.05, 0) is 37.0 Å². The van der Waals surface area contributed by atoms with Gasteiger partial charge in [0.15, 0.2) is 5.69 Å². The molecule has 0 unspecified atom stereocenters. The van der Waals surface area contributed by atoms with Crippen molar-refractivity contribution in [2.75, 3.05) is 11.9 Å². The molecule has 12 heteroatoms.